The van der Waals surface area contributed by atoms with Crippen LogP contribution < -0.4 is 0 Å². The molecular weight excluding hydrogens is 222 g/mol. The summed E-state index contributed by atoms with van der Waals surface area (Å²) in [5.74, 6) is -0.441. The average Bonchev–Trinajstić information content (AvgIpc) is 2.35. The van der Waals surface area contributed by atoms with Crippen molar-refractivity contribution in [1.82, 2.24) is 4.90 Å². The van der Waals surface area contributed by atoms with Crippen LogP contribution in [0.25, 0.3) is 0 Å². The van der Waals surface area contributed by atoms with E-state index in [1.165, 1.54) is 14.2 Å². The normalized spacial score (nSPS) is 10.1. The Labute approximate surface area is 102 Å². The number of methoxy groups -OCH3 is 2. The second kappa shape index (κ2) is 9.84. The summed E-state index contributed by atoms with van der Waals surface area (Å²) in [6.45, 7) is 5.70. The summed E-state index contributed by atoms with van der Waals surface area (Å²) in [4.78, 5) is 24.0. The van der Waals surface area contributed by atoms with Gasteiger partial charge in [0.15, 0.2) is 0 Å². The number of hydrogen-bond donors (Lipinski definition) is 0. The lowest BCUT2D eigenvalue weighted by atomic mass is 10.2. The fourth-order valence-corrected chi connectivity index (χ4v) is 1.38. The average molecular weight is 243 g/mol. The van der Waals surface area contributed by atoms with Gasteiger partial charge in [-0.25, -0.2) is 0 Å². The van der Waals surface area contributed by atoms with Crippen LogP contribution in [0.4, 0.5) is 0 Å². The Kier molecular flexibility index (Phi) is 9.05. The third kappa shape index (κ3) is 8.45. The minimum atomic E-state index is -0.230. The zero-order valence-corrected chi connectivity index (χ0v) is 10.6. The van der Waals surface area contributed by atoms with E-state index in [9.17, 15) is 9.59 Å². The summed E-state index contributed by atoms with van der Waals surface area (Å²) in [6.07, 6.45) is 3.22. The second-order valence-corrected chi connectivity index (χ2v) is 3.60. The van der Waals surface area contributed by atoms with Gasteiger partial charge >= 0.3 is 11.9 Å². The molecule has 0 aromatic carbocycles. The van der Waals surface area contributed by atoms with Gasteiger partial charge in [0.2, 0.25) is 0 Å². The maximum Gasteiger partial charge on any atom is 0.306 e. The van der Waals surface area contributed by atoms with Crippen molar-refractivity contribution in [2.24, 2.45) is 0 Å². The third-order valence-corrected chi connectivity index (χ3v) is 2.33. The fourth-order valence-electron chi connectivity index (χ4n) is 1.38. The molecule has 0 amide bonds. The Balaban J connectivity index is 3.85. The molecule has 0 bridgehead atoms. The van der Waals surface area contributed by atoms with Gasteiger partial charge in [0.25, 0.3) is 0 Å². The summed E-state index contributed by atoms with van der Waals surface area (Å²) in [6, 6.07) is 0. The molecule has 98 valence electrons. The van der Waals surface area contributed by atoms with Crippen LogP contribution in [-0.4, -0.2) is 50.7 Å². The van der Waals surface area contributed by atoms with E-state index in [-0.39, 0.29) is 11.9 Å². The Hall–Kier alpha value is -1.36. The lowest BCUT2D eigenvalue weighted by molar-refractivity contribution is -0.142. The van der Waals surface area contributed by atoms with Crippen molar-refractivity contribution in [2.75, 3.05) is 33.9 Å². The van der Waals surface area contributed by atoms with E-state index >= 15 is 0 Å². The van der Waals surface area contributed by atoms with E-state index in [0.29, 0.717) is 32.4 Å². The van der Waals surface area contributed by atoms with Crippen LogP contribution in [-0.2, 0) is 19.1 Å². The Morgan fingerprint density at radius 1 is 1.12 bits per heavy atom. The highest BCUT2D eigenvalue weighted by Gasteiger charge is 2.08. The van der Waals surface area contributed by atoms with E-state index in [1.54, 1.807) is 6.08 Å². The van der Waals surface area contributed by atoms with Gasteiger partial charge in [0.1, 0.15) is 0 Å². The number of carbonyl (C=O) groups excluding carboxylic acids is 2. The lowest BCUT2D eigenvalue weighted by Gasteiger charge is -2.19. The van der Waals surface area contributed by atoms with E-state index < -0.39 is 0 Å². The lowest BCUT2D eigenvalue weighted by Crippen LogP contribution is -2.28. The van der Waals surface area contributed by atoms with E-state index in [1.807, 2.05) is 4.90 Å². The van der Waals surface area contributed by atoms with Crippen LogP contribution in [0.5, 0.6) is 0 Å². The SMILES string of the molecule is C=CCN(CCCC(=O)OC)CCC(=O)OC. The molecule has 0 aliphatic rings. The summed E-state index contributed by atoms with van der Waals surface area (Å²) >= 11 is 0. The standard InChI is InChI=1S/C12H21NO4/c1-4-8-13(10-7-12(15)17-3)9-5-6-11(14)16-2/h4H,1,5-10H2,2-3H3. The maximum atomic E-state index is 11.0. The van der Waals surface area contributed by atoms with Gasteiger partial charge in [-0.05, 0) is 13.0 Å². The molecule has 0 aliphatic heterocycles. The van der Waals surface area contributed by atoms with Gasteiger partial charge in [-0.3, -0.25) is 14.5 Å². The molecule has 17 heavy (non-hydrogen) atoms. The predicted molar refractivity (Wildman–Crippen MR) is 64.5 cm³/mol. The van der Waals surface area contributed by atoms with Gasteiger partial charge < -0.3 is 9.47 Å². The van der Waals surface area contributed by atoms with Crippen LogP contribution in [0.3, 0.4) is 0 Å². The molecule has 0 radical (unpaired) electrons. The van der Waals surface area contributed by atoms with Crippen molar-refractivity contribution in [3.05, 3.63) is 12.7 Å². The van der Waals surface area contributed by atoms with Gasteiger partial charge in [0.05, 0.1) is 20.6 Å². The van der Waals surface area contributed by atoms with Crippen molar-refractivity contribution in [3.8, 4) is 0 Å². The molecule has 0 unspecified atom stereocenters. The fraction of sp³-hybridized carbons (Fsp3) is 0.667. The molecule has 5 heteroatoms. The number of hydrogen-bond acceptors (Lipinski definition) is 5. The highest BCUT2D eigenvalue weighted by Crippen LogP contribution is 1.99. The van der Waals surface area contributed by atoms with Gasteiger partial charge in [-0.1, -0.05) is 6.08 Å². The first-order valence-corrected chi connectivity index (χ1v) is 5.61. The molecular formula is C12H21NO4. The third-order valence-electron chi connectivity index (χ3n) is 2.33. The van der Waals surface area contributed by atoms with Crippen LogP contribution in [0.1, 0.15) is 19.3 Å². The minimum Gasteiger partial charge on any atom is -0.469 e. The largest absolute Gasteiger partial charge is 0.469 e. The Morgan fingerprint density at radius 2 is 1.71 bits per heavy atom. The summed E-state index contributed by atoms with van der Waals surface area (Å²) in [5, 5.41) is 0. The second-order valence-electron chi connectivity index (χ2n) is 3.60. The molecule has 5 nitrogen and oxygen atoms in total. The Morgan fingerprint density at radius 3 is 2.24 bits per heavy atom. The molecule has 0 aliphatic carbocycles. The highest BCUT2D eigenvalue weighted by atomic mass is 16.5. The first-order chi connectivity index (χ1) is 8.13. The summed E-state index contributed by atoms with van der Waals surface area (Å²) in [5.41, 5.74) is 0. The van der Waals surface area contributed by atoms with Crippen LogP contribution in [0.2, 0.25) is 0 Å². The molecule has 0 saturated heterocycles. The highest BCUT2D eigenvalue weighted by molar-refractivity contribution is 5.69. The molecule has 0 spiro atoms. The molecule has 0 fully saturated rings. The van der Waals surface area contributed by atoms with Gasteiger partial charge in [-0.2, -0.15) is 0 Å². The maximum absolute atomic E-state index is 11.0. The first kappa shape index (κ1) is 15.6. The van der Waals surface area contributed by atoms with Crippen molar-refractivity contribution >= 4 is 11.9 Å². The zero-order chi connectivity index (χ0) is 13.1. The van der Waals surface area contributed by atoms with E-state index in [4.69, 9.17) is 0 Å². The van der Waals surface area contributed by atoms with Crippen molar-refractivity contribution in [2.45, 2.75) is 19.3 Å². The van der Waals surface area contributed by atoms with Crippen LogP contribution in [0, 0.1) is 0 Å². The molecule has 0 aromatic rings. The van der Waals surface area contributed by atoms with Gasteiger partial charge in [-0.15, -0.1) is 6.58 Å². The van der Waals surface area contributed by atoms with Crippen LogP contribution in [0.15, 0.2) is 12.7 Å². The summed E-state index contributed by atoms with van der Waals surface area (Å²) in [7, 11) is 2.75. The monoisotopic (exact) mass is 243 g/mol. The molecule has 0 aromatic heterocycles. The number of nitrogens with zero attached hydrogens (tertiary/aromatic N) is 1. The van der Waals surface area contributed by atoms with Crippen LogP contribution >= 0.6 is 0 Å². The molecule has 0 N–H and O–H groups in total. The minimum absolute atomic E-state index is 0.212. The van der Waals surface area contributed by atoms with Crippen molar-refractivity contribution in [1.29, 1.82) is 0 Å². The number of rotatable bonds is 9. The molecule has 0 saturated carbocycles. The predicted octanol–water partition coefficient (Wildman–Crippen LogP) is 0.991. The first-order valence-electron chi connectivity index (χ1n) is 5.61. The molecule has 0 heterocycles. The molecule has 0 atom stereocenters. The molecule has 0 rings (SSSR count). The quantitative estimate of drug-likeness (QED) is 0.446. The number of esters is 2. The van der Waals surface area contributed by atoms with Crippen molar-refractivity contribution < 1.29 is 19.1 Å². The van der Waals surface area contributed by atoms with Crippen molar-refractivity contribution in [3.63, 3.8) is 0 Å². The van der Waals surface area contributed by atoms with E-state index in [2.05, 4.69) is 16.1 Å². The topological polar surface area (TPSA) is 55.8 Å². The number of ether oxygens (including phenoxy) is 2. The Bertz CT molecular complexity index is 253. The van der Waals surface area contributed by atoms with E-state index in [0.717, 1.165) is 6.54 Å². The zero-order valence-electron chi connectivity index (χ0n) is 10.6. The number of carbonyl (C=O) groups is 2. The van der Waals surface area contributed by atoms with Gasteiger partial charge in [0, 0.05) is 19.5 Å². The summed E-state index contributed by atoms with van der Waals surface area (Å²) < 4.78 is 9.13. The smallest absolute Gasteiger partial charge is 0.306 e.